The van der Waals surface area contributed by atoms with Crippen LogP contribution in [0, 0.1) is 13.8 Å². The summed E-state index contributed by atoms with van der Waals surface area (Å²) in [5, 5.41) is 2.14. The Bertz CT molecular complexity index is 1120. The molecule has 3 rings (SSSR count). The Hall–Kier alpha value is -3.40. The maximum Gasteiger partial charge on any atom is 0.387 e. The molecule has 1 saturated heterocycles. The number of carbonyl (C=O) groups excluding carboxylic acids is 3. The van der Waals surface area contributed by atoms with E-state index < -0.39 is 30.2 Å². The molecule has 1 aliphatic rings. The van der Waals surface area contributed by atoms with Crippen LogP contribution in [-0.4, -0.2) is 41.7 Å². The average molecular weight is 477 g/mol. The van der Waals surface area contributed by atoms with Gasteiger partial charge < -0.3 is 14.8 Å². The molecule has 33 heavy (non-hydrogen) atoms. The van der Waals surface area contributed by atoms with Gasteiger partial charge in [-0.3, -0.25) is 19.3 Å². The van der Waals surface area contributed by atoms with Crippen molar-refractivity contribution in [1.29, 1.82) is 0 Å². The number of imide groups is 1. The average Bonchev–Trinajstić information content (AvgIpc) is 3.00. The van der Waals surface area contributed by atoms with Crippen molar-refractivity contribution in [3.8, 4) is 11.5 Å². The number of alkyl halides is 2. The van der Waals surface area contributed by atoms with Gasteiger partial charge in [-0.05, 0) is 73.5 Å². The SMILES string of the molecule is CCOc1cc(/C=C2\SC(=O)N(CC(=O)Nc3cc(C)ccc3C)C2=O)ccc1OC(F)F. The minimum absolute atomic E-state index is 0.0821. The predicted octanol–water partition coefficient (Wildman–Crippen LogP) is 4.98. The lowest BCUT2D eigenvalue weighted by Crippen LogP contribution is -2.36. The van der Waals surface area contributed by atoms with Crippen molar-refractivity contribution in [2.45, 2.75) is 27.4 Å². The zero-order valence-corrected chi connectivity index (χ0v) is 19.0. The van der Waals surface area contributed by atoms with Gasteiger partial charge in [-0.1, -0.05) is 18.2 Å². The van der Waals surface area contributed by atoms with Crippen molar-refractivity contribution in [2.24, 2.45) is 0 Å². The number of halogens is 2. The van der Waals surface area contributed by atoms with Crippen LogP contribution in [0.2, 0.25) is 0 Å². The monoisotopic (exact) mass is 476 g/mol. The molecule has 0 unspecified atom stereocenters. The molecule has 0 aliphatic carbocycles. The van der Waals surface area contributed by atoms with Crippen LogP contribution < -0.4 is 14.8 Å². The van der Waals surface area contributed by atoms with Crippen LogP contribution in [0.5, 0.6) is 11.5 Å². The third-order valence-corrected chi connectivity index (χ3v) is 5.53. The third kappa shape index (κ3) is 6.10. The molecule has 2 aromatic rings. The molecule has 174 valence electrons. The number of ether oxygens (including phenoxy) is 2. The fourth-order valence-corrected chi connectivity index (χ4v) is 3.91. The number of hydrogen-bond acceptors (Lipinski definition) is 6. The first-order valence-electron chi connectivity index (χ1n) is 10.0. The van der Waals surface area contributed by atoms with E-state index in [1.165, 1.54) is 24.3 Å². The number of benzene rings is 2. The summed E-state index contributed by atoms with van der Waals surface area (Å²) in [4.78, 5) is 38.5. The second kappa shape index (κ2) is 10.5. The molecule has 3 amide bonds. The Labute approximate surface area is 193 Å². The highest BCUT2D eigenvalue weighted by atomic mass is 32.2. The summed E-state index contributed by atoms with van der Waals surface area (Å²) >= 11 is 0.691. The van der Waals surface area contributed by atoms with E-state index in [-0.39, 0.29) is 23.0 Å². The Morgan fingerprint density at radius 1 is 1.15 bits per heavy atom. The third-order valence-electron chi connectivity index (χ3n) is 4.62. The largest absolute Gasteiger partial charge is 0.490 e. The fraction of sp³-hybridized carbons (Fsp3) is 0.261. The smallest absolute Gasteiger partial charge is 0.387 e. The summed E-state index contributed by atoms with van der Waals surface area (Å²) < 4.78 is 34.9. The normalized spacial score (nSPS) is 14.8. The van der Waals surface area contributed by atoms with Crippen LogP contribution in [0.25, 0.3) is 6.08 Å². The van der Waals surface area contributed by atoms with Crippen molar-refractivity contribution in [3.63, 3.8) is 0 Å². The van der Waals surface area contributed by atoms with Gasteiger partial charge in [-0.15, -0.1) is 0 Å². The quantitative estimate of drug-likeness (QED) is 0.541. The van der Waals surface area contributed by atoms with E-state index in [0.29, 0.717) is 23.0 Å². The van der Waals surface area contributed by atoms with Gasteiger partial charge in [0.1, 0.15) is 6.54 Å². The van der Waals surface area contributed by atoms with E-state index in [0.717, 1.165) is 16.0 Å². The Morgan fingerprint density at radius 2 is 1.91 bits per heavy atom. The van der Waals surface area contributed by atoms with Crippen molar-refractivity contribution in [2.75, 3.05) is 18.5 Å². The lowest BCUT2D eigenvalue weighted by atomic mass is 10.1. The topological polar surface area (TPSA) is 84.9 Å². The van der Waals surface area contributed by atoms with E-state index in [4.69, 9.17) is 4.74 Å². The molecule has 0 aromatic heterocycles. The maximum absolute atomic E-state index is 12.7. The zero-order chi connectivity index (χ0) is 24.1. The second-order valence-electron chi connectivity index (χ2n) is 7.15. The number of nitrogens with zero attached hydrogens (tertiary/aromatic N) is 1. The van der Waals surface area contributed by atoms with Gasteiger partial charge in [0, 0.05) is 5.69 Å². The number of hydrogen-bond donors (Lipinski definition) is 1. The predicted molar refractivity (Wildman–Crippen MR) is 121 cm³/mol. The number of anilines is 1. The van der Waals surface area contributed by atoms with E-state index in [1.54, 1.807) is 13.0 Å². The molecule has 1 N–H and O–H groups in total. The number of thioether (sulfide) groups is 1. The summed E-state index contributed by atoms with van der Waals surface area (Å²) in [5.74, 6) is -1.18. The molecule has 7 nitrogen and oxygen atoms in total. The van der Waals surface area contributed by atoms with E-state index >= 15 is 0 Å². The summed E-state index contributed by atoms with van der Waals surface area (Å²) in [6, 6.07) is 9.77. The first-order valence-corrected chi connectivity index (χ1v) is 10.8. The zero-order valence-electron chi connectivity index (χ0n) is 18.2. The molecule has 1 heterocycles. The summed E-state index contributed by atoms with van der Waals surface area (Å²) in [5.41, 5.74) is 2.87. The van der Waals surface area contributed by atoms with Gasteiger partial charge in [-0.25, -0.2) is 0 Å². The number of rotatable bonds is 8. The Morgan fingerprint density at radius 3 is 2.61 bits per heavy atom. The van der Waals surface area contributed by atoms with Crippen LogP contribution in [0.15, 0.2) is 41.3 Å². The molecule has 0 atom stereocenters. The van der Waals surface area contributed by atoms with Gasteiger partial charge in [0.05, 0.1) is 11.5 Å². The summed E-state index contributed by atoms with van der Waals surface area (Å²) in [6.07, 6.45) is 1.43. The number of carbonyl (C=O) groups is 3. The summed E-state index contributed by atoms with van der Waals surface area (Å²) in [7, 11) is 0. The first-order chi connectivity index (χ1) is 15.7. The van der Waals surface area contributed by atoms with Gasteiger partial charge in [-0.2, -0.15) is 8.78 Å². The number of nitrogens with one attached hydrogen (secondary N) is 1. The second-order valence-corrected chi connectivity index (χ2v) is 8.15. The van der Waals surface area contributed by atoms with E-state index in [2.05, 4.69) is 10.1 Å². The Kier molecular flexibility index (Phi) is 7.70. The van der Waals surface area contributed by atoms with E-state index in [9.17, 15) is 23.2 Å². The van der Waals surface area contributed by atoms with Gasteiger partial charge in [0.15, 0.2) is 11.5 Å². The molecule has 1 fully saturated rings. The molecular formula is C23H22F2N2O5S. The van der Waals surface area contributed by atoms with Crippen molar-refractivity contribution < 1.29 is 32.6 Å². The summed E-state index contributed by atoms with van der Waals surface area (Å²) in [6.45, 7) is 2.19. The minimum atomic E-state index is -3.01. The molecule has 2 aromatic carbocycles. The Balaban J connectivity index is 1.74. The van der Waals surface area contributed by atoms with Crippen LogP contribution in [0.4, 0.5) is 19.3 Å². The maximum atomic E-state index is 12.7. The molecule has 1 aliphatic heterocycles. The van der Waals surface area contributed by atoms with Gasteiger partial charge >= 0.3 is 6.61 Å². The molecule has 0 spiro atoms. The highest BCUT2D eigenvalue weighted by Gasteiger charge is 2.36. The lowest BCUT2D eigenvalue weighted by molar-refractivity contribution is -0.127. The van der Waals surface area contributed by atoms with Crippen molar-refractivity contribution >= 4 is 40.6 Å². The number of amides is 3. The van der Waals surface area contributed by atoms with E-state index in [1.807, 2.05) is 26.0 Å². The van der Waals surface area contributed by atoms with Crippen molar-refractivity contribution in [3.05, 3.63) is 58.0 Å². The van der Waals surface area contributed by atoms with Crippen LogP contribution in [0.3, 0.4) is 0 Å². The highest BCUT2D eigenvalue weighted by molar-refractivity contribution is 8.18. The number of aryl methyl sites for hydroxylation is 2. The molecule has 10 heteroatoms. The minimum Gasteiger partial charge on any atom is -0.490 e. The van der Waals surface area contributed by atoms with Crippen LogP contribution in [0.1, 0.15) is 23.6 Å². The highest BCUT2D eigenvalue weighted by Crippen LogP contribution is 2.35. The van der Waals surface area contributed by atoms with Crippen LogP contribution in [-0.2, 0) is 9.59 Å². The van der Waals surface area contributed by atoms with Crippen molar-refractivity contribution in [1.82, 2.24) is 4.90 Å². The molecular weight excluding hydrogens is 454 g/mol. The molecule has 0 bridgehead atoms. The first kappa shape index (κ1) is 24.2. The lowest BCUT2D eigenvalue weighted by Gasteiger charge is -2.14. The van der Waals surface area contributed by atoms with Crippen LogP contribution >= 0.6 is 11.8 Å². The molecule has 0 radical (unpaired) electrons. The fourth-order valence-electron chi connectivity index (χ4n) is 3.07. The van der Waals surface area contributed by atoms with Gasteiger partial charge in [0.2, 0.25) is 5.91 Å². The molecule has 0 saturated carbocycles. The standard InChI is InChI=1S/C23H22F2N2O5S/c1-4-31-18-10-15(7-8-17(18)32-22(24)25)11-19-21(29)27(23(30)33-19)12-20(28)26-16-9-13(2)5-6-14(16)3/h5-11,22H,4,12H2,1-3H3,(H,26,28)/b19-11-. The van der Waals surface area contributed by atoms with Gasteiger partial charge in [0.25, 0.3) is 11.1 Å².